The van der Waals surface area contributed by atoms with Crippen LogP contribution in [0.3, 0.4) is 0 Å². The summed E-state index contributed by atoms with van der Waals surface area (Å²) in [5.41, 5.74) is 0. The highest BCUT2D eigenvalue weighted by atomic mass is 35.5. The number of carbonyl (C=O) groups is 2. The minimum absolute atomic E-state index is 0.00298. The van der Waals surface area contributed by atoms with E-state index in [-0.39, 0.29) is 24.4 Å². The lowest BCUT2D eigenvalue weighted by atomic mass is 10.1. The molecule has 0 radical (unpaired) electrons. The Morgan fingerprint density at radius 3 is 2.74 bits per heavy atom. The van der Waals surface area contributed by atoms with Gasteiger partial charge in [0, 0.05) is 49.1 Å². The number of piperidine rings is 1. The maximum absolute atomic E-state index is 13.1. The van der Waals surface area contributed by atoms with Gasteiger partial charge in [-0.05, 0) is 50.3 Å². The highest BCUT2D eigenvalue weighted by Crippen LogP contribution is 2.23. The molecule has 2 amide bonds. The fourth-order valence-corrected chi connectivity index (χ4v) is 6.85. The summed E-state index contributed by atoms with van der Waals surface area (Å²) >= 11 is 7.15. The normalized spacial score (nSPS) is 24.4. The Balaban J connectivity index is 1.32. The molecule has 11 heteroatoms. The minimum atomic E-state index is -3.82. The van der Waals surface area contributed by atoms with Crippen LogP contribution >= 0.6 is 22.9 Å². The number of nitrogens with one attached hydrogen (secondary N) is 1. The molecule has 3 aliphatic rings. The van der Waals surface area contributed by atoms with Crippen molar-refractivity contribution in [2.45, 2.75) is 44.2 Å². The molecule has 2 atom stereocenters. The summed E-state index contributed by atoms with van der Waals surface area (Å²) in [6.45, 7) is 3.95. The van der Waals surface area contributed by atoms with Gasteiger partial charge in [0.15, 0.2) is 0 Å². The van der Waals surface area contributed by atoms with Crippen LogP contribution in [0.2, 0.25) is 4.34 Å². The third kappa shape index (κ3) is 6.69. The number of amides is 2. The van der Waals surface area contributed by atoms with E-state index in [0.717, 1.165) is 44.3 Å². The summed E-state index contributed by atoms with van der Waals surface area (Å²) in [5, 5.41) is 1.05. The number of nitrogens with zero attached hydrogens (tertiary/aromatic N) is 3. The van der Waals surface area contributed by atoms with Crippen molar-refractivity contribution in [3.63, 3.8) is 0 Å². The molecule has 0 spiro atoms. The molecule has 1 N–H and O–H groups in total. The molecule has 4 heterocycles. The van der Waals surface area contributed by atoms with Crippen LogP contribution in [0.25, 0.3) is 6.08 Å². The summed E-state index contributed by atoms with van der Waals surface area (Å²) in [6.07, 6.45) is 9.85. The molecule has 2 fully saturated rings. The maximum Gasteiger partial charge on any atom is 0.242 e. The zero-order valence-electron chi connectivity index (χ0n) is 19.1. The first-order chi connectivity index (χ1) is 16.3. The van der Waals surface area contributed by atoms with Gasteiger partial charge in [-0.25, -0.2) is 8.42 Å². The van der Waals surface area contributed by atoms with E-state index in [4.69, 9.17) is 11.6 Å². The van der Waals surface area contributed by atoms with E-state index in [2.05, 4.69) is 21.8 Å². The minimum Gasteiger partial charge on any atom is -0.337 e. The largest absolute Gasteiger partial charge is 0.337 e. The first-order valence-corrected chi connectivity index (χ1v) is 14.5. The van der Waals surface area contributed by atoms with Gasteiger partial charge in [-0.2, -0.15) is 4.72 Å². The second kappa shape index (κ2) is 11.3. The lowest BCUT2D eigenvalue weighted by Crippen LogP contribution is -2.55. The van der Waals surface area contributed by atoms with Crippen molar-refractivity contribution in [3.05, 3.63) is 38.9 Å². The Hall–Kier alpha value is -1.72. The summed E-state index contributed by atoms with van der Waals surface area (Å²) in [7, 11) is -3.82. The molecule has 0 aromatic carbocycles. The number of likely N-dealkylation sites (tertiary alicyclic amines) is 2. The predicted molar refractivity (Wildman–Crippen MR) is 135 cm³/mol. The summed E-state index contributed by atoms with van der Waals surface area (Å²) in [4.78, 5) is 32.6. The first kappa shape index (κ1) is 25.4. The van der Waals surface area contributed by atoms with Crippen LogP contribution in [-0.2, 0) is 19.6 Å². The van der Waals surface area contributed by atoms with Crippen LogP contribution in [0, 0.1) is 0 Å². The highest BCUT2D eigenvalue weighted by molar-refractivity contribution is 7.92. The lowest BCUT2D eigenvalue weighted by Gasteiger charge is -2.35. The molecule has 1 aromatic heterocycles. The topological polar surface area (TPSA) is 90.0 Å². The zero-order valence-corrected chi connectivity index (χ0v) is 21.5. The number of thiophene rings is 1. The van der Waals surface area contributed by atoms with Crippen LogP contribution < -0.4 is 4.72 Å². The number of hydrogen-bond donors (Lipinski definition) is 1. The molecule has 4 rings (SSSR count). The van der Waals surface area contributed by atoms with Gasteiger partial charge < -0.3 is 9.80 Å². The van der Waals surface area contributed by atoms with Gasteiger partial charge in [-0.3, -0.25) is 14.5 Å². The smallest absolute Gasteiger partial charge is 0.242 e. The summed E-state index contributed by atoms with van der Waals surface area (Å²) < 4.78 is 28.1. The van der Waals surface area contributed by atoms with E-state index >= 15 is 0 Å². The third-order valence-electron chi connectivity index (χ3n) is 6.48. The van der Waals surface area contributed by atoms with Crippen LogP contribution in [0.4, 0.5) is 0 Å². The van der Waals surface area contributed by atoms with Crippen molar-refractivity contribution in [2.75, 3.05) is 39.3 Å². The fraction of sp³-hybridized carbons (Fsp3) is 0.565. The number of rotatable bonds is 8. The molecule has 2 saturated heterocycles. The van der Waals surface area contributed by atoms with Gasteiger partial charge in [-0.15, -0.1) is 11.3 Å². The second-order valence-electron chi connectivity index (χ2n) is 8.96. The van der Waals surface area contributed by atoms with Crippen molar-refractivity contribution in [3.8, 4) is 0 Å². The molecule has 0 bridgehead atoms. The van der Waals surface area contributed by atoms with Gasteiger partial charge in [0.2, 0.25) is 21.8 Å². The number of carbonyl (C=O) groups excluding carboxylic acids is 2. The maximum atomic E-state index is 13.1. The summed E-state index contributed by atoms with van der Waals surface area (Å²) in [6, 6.07) is 2.73. The van der Waals surface area contributed by atoms with Gasteiger partial charge in [-0.1, -0.05) is 23.8 Å². The predicted octanol–water partition coefficient (Wildman–Crippen LogP) is 2.54. The number of sulfonamides is 1. The van der Waals surface area contributed by atoms with Crippen molar-refractivity contribution in [1.29, 1.82) is 0 Å². The monoisotopic (exact) mass is 526 g/mol. The molecule has 8 nitrogen and oxygen atoms in total. The van der Waals surface area contributed by atoms with Crippen LogP contribution in [0.1, 0.15) is 37.0 Å². The van der Waals surface area contributed by atoms with Crippen molar-refractivity contribution >= 4 is 50.9 Å². The molecule has 3 aliphatic heterocycles. The highest BCUT2D eigenvalue weighted by Gasteiger charge is 2.35. The standard InChI is InChI=1S/C23H31ClN4O4S2/c24-21-9-8-19(33-21)10-15-34(31,32)25-20-7-5-13-27(23(20)30)17-22(29)28-14-4-6-18(28)16-26-11-2-1-3-12-26/h1-2,8-10,15,18,20,25H,3-7,11-14,16-17H2/t18-,20-/m0/s1. The van der Waals surface area contributed by atoms with E-state index < -0.39 is 16.1 Å². The molecule has 0 unspecified atom stereocenters. The zero-order chi connectivity index (χ0) is 24.1. The van der Waals surface area contributed by atoms with E-state index in [9.17, 15) is 18.0 Å². The van der Waals surface area contributed by atoms with E-state index in [1.165, 1.54) is 22.3 Å². The Kier molecular flexibility index (Phi) is 8.47. The van der Waals surface area contributed by atoms with Crippen molar-refractivity contribution in [2.24, 2.45) is 0 Å². The average Bonchev–Trinajstić information content (AvgIpc) is 3.44. The SMILES string of the molecule is O=C1[C@@H](NS(=O)(=O)C=Cc2ccc(Cl)s2)CCCN1CC(=O)N1CCC[C@H]1CN1CC=CCC1. The molecule has 34 heavy (non-hydrogen) atoms. The fourth-order valence-electron chi connectivity index (χ4n) is 4.78. The average molecular weight is 527 g/mol. The van der Waals surface area contributed by atoms with Crippen molar-refractivity contribution in [1.82, 2.24) is 19.4 Å². The Labute approximate surface area is 210 Å². The second-order valence-corrected chi connectivity index (χ2v) is 12.3. The van der Waals surface area contributed by atoms with Gasteiger partial charge in [0.05, 0.1) is 10.9 Å². The molecule has 186 valence electrons. The van der Waals surface area contributed by atoms with Crippen LogP contribution in [-0.4, -0.2) is 86.3 Å². The Bertz CT molecular complexity index is 1060. The van der Waals surface area contributed by atoms with Gasteiger partial charge in [0.1, 0.15) is 6.04 Å². The number of halogens is 1. The number of hydrogen-bond acceptors (Lipinski definition) is 6. The molecular weight excluding hydrogens is 496 g/mol. The van der Waals surface area contributed by atoms with Gasteiger partial charge in [0.25, 0.3) is 0 Å². The molecule has 0 aliphatic carbocycles. The molecule has 0 saturated carbocycles. The van der Waals surface area contributed by atoms with Gasteiger partial charge >= 0.3 is 0 Å². The quantitative estimate of drug-likeness (QED) is 0.526. The van der Waals surface area contributed by atoms with E-state index in [0.29, 0.717) is 35.1 Å². The first-order valence-electron chi connectivity index (χ1n) is 11.7. The van der Waals surface area contributed by atoms with E-state index in [1.807, 2.05) is 4.90 Å². The molecular formula is C23H31ClN4O4S2. The Morgan fingerprint density at radius 2 is 2.00 bits per heavy atom. The summed E-state index contributed by atoms with van der Waals surface area (Å²) in [5.74, 6) is -0.394. The lowest BCUT2D eigenvalue weighted by molar-refractivity contribution is -0.143. The Morgan fingerprint density at radius 1 is 1.18 bits per heavy atom. The van der Waals surface area contributed by atoms with E-state index in [1.54, 1.807) is 12.1 Å². The third-order valence-corrected chi connectivity index (χ3v) is 8.78. The molecule has 1 aromatic rings. The van der Waals surface area contributed by atoms with Crippen LogP contribution in [0.5, 0.6) is 0 Å². The van der Waals surface area contributed by atoms with Crippen molar-refractivity contribution < 1.29 is 18.0 Å². The van der Waals surface area contributed by atoms with Crippen LogP contribution in [0.15, 0.2) is 29.7 Å².